The molecule has 5 heteroatoms. The third-order valence-corrected chi connectivity index (χ3v) is 2.69. The molecule has 0 fully saturated rings. The number of nitrogens with one attached hydrogen (secondary N) is 1. The maximum absolute atomic E-state index is 5.76. The number of nitrogens with two attached hydrogens (primary N) is 1. The van der Waals surface area contributed by atoms with Gasteiger partial charge in [0.15, 0.2) is 0 Å². The minimum absolute atomic E-state index is 0.510. The number of hydrogen-bond acceptors (Lipinski definition) is 4. The van der Waals surface area contributed by atoms with Crippen molar-refractivity contribution in [2.45, 2.75) is 0 Å². The molecule has 0 amide bonds. The number of benzene rings is 1. The molecule has 0 spiro atoms. The van der Waals surface area contributed by atoms with Crippen molar-refractivity contribution < 1.29 is 9.26 Å². The number of aromatic nitrogens is 2. The summed E-state index contributed by atoms with van der Waals surface area (Å²) >= 11 is 0. The Morgan fingerprint density at radius 3 is 3.00 bits per heavy atom. The molecule has 0 unspecified atom stereocenters. The first-order chi connectivity index (χ1) is 8.29. The number of methoxy groups -OCH3 is 1. The smallest absolute Gasteiger partial charge is 0.205 e. The summed E-state index contributed by atoms with van der Waals surface area (Å²) in [6.45, 7) is 0. The van der Waals surface area contributed by atoms with Crippen LogP contribution in [0.2, 0.25) is 0 Å². The van der Waals surface area contributed by atoms with Gasteiger partial charge in [0, 0.05) is 10.9 Å². The summed E-state index contributed by atoms with van der Waals surface area (Å²) in [7, 11) is 1.64. The van der Waals surface area contributed by atoms with Crippen LogP contribution in [0.15, 0.2) is 35.0 Å². The molecule has 0 radical (unpaired) electrons. The minimum atomic E-state index is 0.510. The Morgan fingerprint density at radius 2 is 2.29 bits per heavy atom. The zero-order valence-electron chi connectivity index (χ0n) is 9.23. The highest BCUT2D eigenvalue weighted by Crippen LogP contribution is 2.32. The molecule has 0 aliphatic heterocycles. The number of H-pyrrole nitrogens is 1. The average molecular weight is 229 g/mol. The molecule has 2 heterocycles. The largest absolute Gasteiger partial charge is 0.496 e. The van der Waals surface area contributed by atoms with Crippen molar-refractivity contribution in [2.75, 3.05) is 12.8 Å². The Hall–Kier alpha value is -2.43. The molecule has 2 aromatic heterocycles. The lowest BCUT2D eigenvalue weighted by atomic mass is 10.2. The SMILES string of the molecule is COc1cccc2[nH]c(-c3oncc3N)cc12. The summed E-state index contributed by atoms with van der Waals surface area (Å²) in [6.07, 6.45) is 1.48. The van der Waals surface area contributed by atoms with Crippen LogP contribution in [0, 0.1) is 0 Å². The predicted octanol–water partition coefficient (Wildman–Crippen LogP) is 2.41. The van der Waals surface area contributed by atoms with Crippen molar-refractivity contribution in [1.82, 2.24) is 10.1 Å². The summed E-state index contributed by atoms with van der Waals surface area (Å²) < 4.78 is 10.4. The second-order valence-electron chi connectivity index (χ2n) is 3.71. The van der Waals surface area contributed by atoms with Gasteiger partial charge in [0.25, 0.3) is 0 Å². The lowest BCUT2D eigenvalue weighted by molar-refractivity contribution is 0.420. The maximum Gasteiger partial charge on any atom is 0.205 e. The van der Waals surface area contributed by atoms with E-state index < -0.39 is 0 Å². The van der Waals surface area contributed by atoms with Crippen LogP contribution in [0.1, 0.15) is 0 Å². The highest BCUT2D eigenvalue weighted by atomic mass is 16.5. The number of ether oxygens (including phenoxy) is 1. The van der Waals surface area contributed by atoms with Crippen LogP contribution in [-0.2, 0) is 0 Å². The van der Waals surface area contributed by atoms with E-state index in [0.29, 0.717) is 11.4 Å². The molecule has 0 saturated heterocycles. The van der Waals surface area contributed by atoms with Crippen molar-refractivity contribution in [2.24, 2.45) is 0 Å². The van der Waals surface area contributed by atoms with Crippen LogP contribution >= 0.6 is 0 Å². The number of aromatic amines is 1. The molecular formula is C12H11N3O2. The van der Waals surface area contributed by atoms with Gasteiger partial charge in [0.05, 0.1) is 19.0 Å². The second kappa shape index (κ2) is 3.55. The first kappa shape index (κ1) is 9.77. The van der Waals surface area contributed by atoms with Crippen LogP contribution in [0.25, 0.3) is 22.4 Å². The highest BCUT2D eigenvalue weighted by Gasteiger charge is 2.12. The normalized spacial score (nSPS) is 10.9. The summed E-state index contributed by atoms with van der Waals surface area (Å²) in [5.41, 5.74) is 8.03. The molecular weight excluding hydrogens is 218 g/mol. The van der Waals surface area contributed by atoms with Crippen molar-refractivity contribution in [3.8, 4) is 17.2 Å². The fraction of sp³-hybridized carbons (Fsp3) is 0.0833. The molecule has 0 saturated carbocycles. The molecule has 1 aromatic carbocycles. The van der Waals surface area contributed by atoms with E-state index in [1.165, 1.54) is 6.20 Å². The molecule has 0 atom stereocenters. The average Bonchev–Trinajstić information content (AvgIpc) is 2.93. The van der Waals surface area contributed by atoms with E-state index in [1.54, 1.807) is 7.11 Å². The van der Waals surface area contributed by atoms with Crippen LogP contribution in [0.4, 0.5) is 5.69 Å². The number of hydrogen-bond donors (Lipinski definition) is 2. The summed E-state index contributed by atoms with van der Waals surface area (Å²) in [4.78, 5) is 3.22. The van der Waals surface area contributed by atoms with Crippen LogP contribution in [-0.4, -0.2) is 17.3 Å². The fourth-order valence-electron chi connectivity index (χ4n) is 1.88. The monoisotopic (exact) mass is 229 g/mol. The van der Waals surface area contributed by atoms with E-state index in [9.17, 15) is 0 Å². The van der Waals surface area contributed by atoms with E-state index in [1.807, 2.05) is 24.3 Å². The highest BCUT2D eigenvalue weighted by molar-refractivity contribution is 5.91. The summed E-state index contributed by atoms with van der Waals surface area (Å²) in [6, 6.07) is 7.73. The van der Waals surface area contributed by atoms with E-state index in [-0.39, 0.29) is 0 Å². The lowest BCUT2D eigenvalue weighted by Gasteiger charge is -1.99. The van der Waals surface area contributed by atoms with Gasteiger partial charge in [-0.25, -0.2) is 0 Å². The summed E-state index contributed by atoms with van der Waals surface area (Å²) in [5.74, 6) is 1.35. The van der Waals surface area contributed by atoms with E-state index in [4.69, 9.17) is 15.0 Å². The van der Waals surface area contributed by atoms with Gasteiger partial charge in [-0.3, -0.25) is 0 Å². The van der Waals surface area contributed by atoms with E-state index in [0.717, 1.165) is 22.3 Å². The van der Waals surface area contributed by atoms with Gasteiger partial charge >= 0.3 is 0 Å². The first-order valence-corrected chi connectivity index (χ1v) is 5.16. The van der Waals surface area contributed by atoms with Crippen LogP contribution in [0.3, 0.4) is 0 Å². The zero-order chi connectivity index (χ0) is 11.8. The topological polar surface area (TPSA) is 77.1 Å². The van der Waals surface area contributed by atoms with Gasteiger partial charge in [0.2, 0.25) is 5.76 Å². The molecule has 5 nitrogen and oxygen atoms in total. The Labute approximate surface area is 97.2 Å². The molecule has 86 valence electrons. The maximum atomic E-state index is 5.76. The van der Waals surface area contributed by atoms with Gasteiger partial charge in [-0.1, -0.05) is 11.2 Å². The lowest BCUT2D eigenvalue weighted by Crippen LogP contribution is -1.83. The van der Waals surface area contributed by atoms with Gasteiger partial charge in [-0.15, -0.1) is 0 Å². The van der Waals surface area contributed by atoms with E-state index in [2.05, 4.69) is 10.1 Å². The number of rotatable bonds is 2. The molecule has 0 bridgehead atoms. The molecule has 3 aromatic rings. The number of nitrogen functional groups attached to an aromatic ring is 1. The Morgan fingerprint density at radius 1 is 1.41 bits per heavy atom. The van der Waals surface area contributed by atoms with E-state index >= 15 is 0 Å². The van der Waals surface area contributed by atoms with Gasteiger partial charge in [0.1, 0.15) is 11.4 Å². The van der Waals surface area contributed by atoms with Gasteiger partial charge in [-0.05, 0) is 18.2 Å². The Balaban J connectivity index is 2.24. The van der Waals surface area contributed by atoms with Gasteiger partial charge in [-0.2, -0.15) is 0 Å². The number of anilines is 1. The quantitative estimate of drug-likeness (QED) is 0.707. The molecule has 3 rings (SSSR count). The Kier molecular flexibility index (Phi) is 2.04. The first-order valence-electron chi connectivity index (χ1n) is 5.16. The summed E-state index contributed by atoms with van der Waals surface area (Å²) in [5, 5.41) is 4.65. The number of nitrogens with zero attached hydrogens (tertiary/aromatic N) is 1. The van der Waals surface area contributed by atoms with Crippen molar-refractivity contribution in [1.29, 1.82) is 0 Å². The minimum Gasteiger partial charge on any atom is -0.496 e. The third-order valence-electron chi connectivity index (χ3n) is 2.69. The molecule has 3 N–H and O–H groups in total. The zero-order valence-corrected chi connectivity index (χ0v) is 9.23. The van der Waals surface area contributed by atoms with Crippen LogP contribution in [0.5, 0.6) is 5.75 Å². The third kappa shape index (κ3) is 1.44. The number of fused-ring (bicyclic) bond motifs is 1. The van der Waals surface area contributed by atoms with Gasteiger partial charge < -0.3 is 20.0 Å². The van der Waals surface area contributed by atoms with Crippen LogP contribution < -0.4 is 10.5 Å². The Bertz CT molecular complexity index is 669. The van der Waals surface area contributed by atoms with Crippen molar-refractivity contribution in [3.05, 3.63) is 30.5 Å². The van der Waals surface area contributed by atoms with Crippen molar-refractivity contribution in [3.63, 3.8) is 0 Å². The predicted molar refractivity (Wildman–Crippen MR) is 64.8 cm³/mol. The molecule has 0 aliphatic rings. The standard InChI is InChI=1S/C12H11N3O2/c1-16-11-4-2-3-9-7(11)5-10(15-9)12-8(13)6-14-17-12/h2-6,15H,13H2,1H3. The fourth-order valence-corrected chi connectivity index (χ4v) is 1.88. The second-order valence-corrected chi connectivity index (χ2v) is 3.71. The molecule has 17 heavy (non-hydrogen) atoms. The van der Waals surface area contributed by atoms with Crippen molar-refractivity contribution >= 4 is 16.6 Å². The molecule has 0 aliphatic carbocycles.